The molecule has 0 bridgehead atoms. The van der Waals surface area contributed by atoms with Crippen molar-refractivity contribution in [2.75, 3.05) is 0 Å². The number of H-pyrrole nitrogens is 2. The molecule has 0 unspecified atom stereocenters. The minimum absolute atomic E-state index is 0. The highest BCUT2D eigenvalue weighted by molar-refractivity contribution is 9.11. The van der Waals surface area contributed by atoms with Crippen molar-refractivity contribution in [1.82, 2.24) is 15.0 Å². The van der Waals surface area contributed by atoms with Crippen molar-refractivity contribution in [3.05, 3.63) is 58.0 Å². The van der Waals surface area contributed by atoms with Crippen LogP contribution in [0.2, 0.25) is 0 Å². The third-order valence-corrected chi connectivity index (χ3v) is 4.36. The minimum Gasteiger partial charge on any atom is -0.350 e. The van der Waals surface area contributed by atoms with Gasteiger partial charge in [0.1, 0.15) is 11.8 Å². The van der Waals surface area contributed by atoms with Crippen molar-refractivity contribution >= 4 is 53.9 Å². The number of hydrogen-bond acceptors (Lipinski definition) is 2. The van der Waals surface area contributed by atoms with Gasteiger partial charge in [0.15, 0.2) is 0 Å². The molecule has 114 valence electrons. The lowest BCUT2D eigenvalue weighted by Crippen LogP contribution is -2.30. The molecule has 3 N–H and O–H groups in total. The molecule has 0 spiro atoms. The summed E-state index contributed by atoms with van der Waals surface area (Å²) in [5.41, 5.74) is 1.62. The van der Waals surface area contributed by atoms with Crippen molar-refractivity contribution in [3.8, 4) is 0 Å². The number of aromatic amines is 2. The van der Waals surface area contributed by atoms with Crippen LogP contribution < -0.4 is 4.73 Å². The number of nitrogens with one attached hydrogen (secondary N) is 2. The molecule has 5 nitrogen and oxygen atoms in total. The first-order chi connectivity index (χ1) is 10.2. The summed E-state index contributed by atoms with van der Waals surface area (Å²) in [6.07, 6.45) is 7.00. The number of fused-ring (bicyclic) bond motifs is 2. The lowest BCUT2D eigenvalue weighted by Gasteiger charge is -1.91. The molecule has 0 aliphatic rings. The van der Waals surface area contributed by atoms with E-state index in [9.17, 15) is 5.21 Å². The van der Waals surface area contributed by atoms with Crippen LogP contribution in [-0.2, 0) is 0 Å². The molecule has 4 heterocycles. The zero-order chi connectivity index (χ0) is 14.8. The fourth-order valence-electron chi connectivity index (χ4n) is 1.97. The molecule has 0 fully saturated rings. The Hall–Kier alpha value is -1.86. The van der Waals surface area contributed by atoms with Crippen LogP contribution in [-0.4, -0.2) is 20.2 Å². The molecular weight excluding hydrogens is 412 g/mol. The van der Waals surface area contributed by atoms with Gasteiger partial charge in [-0.25, -0.2) is 9.97 Å². The molecule has 0 atom stereocenters. The van der Waals surface area contributed by atoms with Gasteiger partial charge in [0, 0.05) is 26.7 Å². The largest absolute Gasteiger partial charge is 0.350 e. The number of pyridine rings is 2. The second-order valence-corrected chi connectivity index (χ2v) is 5.99. The maximum Gasteiger partial charge on any atom is 0.326 e. The third kappa shape index (κ3) is 3.15. The van der Waals surface area contributed by atoms with Gasteiger partial charge >= 0.3 is 5.65 Å². The second-order valence-electron chi connectivity index (χ2n) is 4.28. The number of aromatic nitrogens is 4. The molecule has 0 saturated carbocycles. The first-order valence-corrected chi connectivity index (χ1v) is 7.69. The summed E-state index contributed by atoms with van der Waals surface area (Å²) in [6.45, 7) is 0. The summed E-state index contributed by atoms with van der Waals surface area (Å²) >= 11 is 6.78. The van der Waals surface area contributed by atoms with Crippen LogP contribution in [0.3, 0.4) is 0 Å². The molecule has 4 aromatic rings. The van der Waals surface area contributed by atoms with E-state index in [-0.39, 0.29) is 7.43 Å². The van der Waals surface area contributed by atoms with E-state index >= 15 is 0 Å². The van der Waals surface area contributed by atoms with Crippen molar-refractivity contribution in [3.63, 3.8) is 0 Å². The Kier molecular flexibility index (Phi) is 5.20. The Morgan fingerprint density at radius 1 is 0.955 bits per heavy atom. The third-order valence-electron chi connectivity index (χ3n) is 2.98. The maximum atomic E-state index is 9.25. The van der Waals surface area contributed by atoms with Gasteiger partial charge in [0.2, 0.25) is 0 Å². The summed E-state index contributed by atoms with van der Waals surface area (Å²) in [5.74, 6) is 0. The van der Waals surface area contributed by atoms with Gasteiger partial charge in [-0.1, -0.05) is 12.2 Å². The van der Waals surface area contributed by atoms with Gasteiger partial charge in [0.25, 0.3) is 0 Å². The first-order valence-electron chi connectivity index (χ1n) is 6.11. The lowest BCUT2D eigenvalue weighted by atomic mass is 10.3. The summed E-state index contributed by atoms with van der Waals surface area (Å²) in [5, 5.41) is 11.3. The molecule has 4 rings (SSSR count). The Morgan fingerprint density at radius 3 is 2.36 bits per heavy atom. The van der Waals surface area contributed by atoms with Gasteiger partial charge < -0.3 is 10.2 Å². The van der Waals surface area contributed by atoms with Crippen LogP contribution in [0, 0.1) is 0 Å². The SMILES string of the molecule is Brc1ccnc2[nH]ccc12.C.O[n+]1ccc(Br)c2cc[nH]c21. The van der Waals surface area contributed by atoms with Gasteiger partial charge in [-0.15, -0.1) is 0 Å². The molecular formula is C15H15Br2N4O+. The van der Waals surface area contributed by atoms with Crippen LogP contribution in [0.25, 0.3) is 22.1 Å². The average Bonchev–Trinajstić information content (AvgIpc) is 3.13. The van der Waals surface area contributed by atoms with Crippen LogP contribution >= 0.6 is 31.9 Å². The molecule has 4 aromatic heterocycles. The van der Waals surface area contributed by atoms with E-state index in [2.05, 4.69) is 46.8 Å². The Labute approximate surface area is 144 Å². The van der Waals surface area contributed by atoms with E-state index in [0.29, 0.717) is 5.65 Å². The summed E-state index contributed by atoms with van der Waals surface area (Å²) < 4.78 is 3.11. The minimum atomic E-state index is 0. The predicted molar refractivity (Wildman–Crippen MR) is 93.9 cm³/mol. The highest BCUT2D eigenvalue weighted by atomic mass is 79.9. The van der Waals surface area contributed by atoms with Gasteiger partial charge in [-0.2, -0.15) is 0 Å². The maximum absolute atomic E-state index is 9.25. The number of nitrogens with zero attached hydrogens (tertiary/aromatic N) is 2. The molecule has 7 heteroatoms. The average molecular weight is 427 g/mol. The second kappa shape index (κ2) is 6.93. The molecule has 0 aromatic carbocycles. The number of hydrogen-bond donors (Lipinski definition) is 3. The van der Waals surface area contributed by atoms with Crippen LogP contribution in [0.1, 0.15) is 7.43 Å². The molecule has 0 aliphatic heterocycles. The summed E-state index contributed by atoms with van der Waals surface area (Å²) in [4.78, 5) is 10.0. The summed E-state index contributed by atoms with van der Waals surface area (Å²) in [6, 6.07) is 7.60. The van der Waals surface area contributed by atoms with Crippen molar-refractivity contribution < 1.29 is 9.94 Å². The smallest absolute Gasteiger partial charge is 0.326 e. The molecule has 0 aliphatic carbocycles. The van der Waals surface area contributed by atoms with Gasteiger partial charge in [-0.05, 0) is 56.1 Å². The summed E-state index contributed by atoms with van der Waals surface area (Å²) in [7, 11) is 0. The standard InChI is InChI=1S/C7H5BrN2O.C7H5BrN2.CH4/c8-6-2-4-10(11)7-5(6)1-3-9-7;8-6-2-4-10-7-5(6)1-3-9-7;/h1-4,11H;1-4H,(H,9,10);1H4/p+1. The fourth-order valence-corrected chi connectivity index (χ4v) is 2.85. The quantitative estimate of drug-likeness (QED) is 0.288. The lowest BCUT2D eigenvalue weighted by molar-refractivity contribution is -0.885. The van der Waals surface area contributed by atoms with Gasteiger partial charge in [-0.3, -0.25) is 0 Å². The van der Waals surface area contributed by atoms with E-state index in [1.165, 1.54) is 0 Å². The highest BCUT2D eigenvalue weighted by Crippen LogP contribution is 2.20. The van der Waals surface area contributed by atoms with Crippen molar-refractivity contribution in [2.45, 2.75) is 7.43 Å². The monoisotopic (exact) mass is 425 g/mol. The van der Waals surface area contributed by atoms with Crippen LogP contribution in [0.5, 0.6) is 0 Å². The van der Waals surface area contributed by atoms with E-state index in [4.69, 9.17) is 0 Å². The Bertz CT molecular complexity index is 865. The van der Waals surface area contributed by atoms with E-state index in [0.717, 1.165) is 30.1 Å². The van der Waals surface area contributed by atoms with Crippen LogP contribution in [0.4, 0.5) is 0 Å². The Balaban J connectivity index is 0.000000154. The predicted octanol–water partition coefficient (Wildman–Crippen LogP) is 4.42. The Morgan fingerprint density at radius 2 is 1.64 bits per heavy atom. The molecule has 22 heavy (non-hydrogen) atoms. The van der Waals surface area contributed by atoms with Crippen molar-refractivity contribution in [1.29, 1.82) is 0 Å². The molecule has 0 radical (unpaired) electrons. The highest BCUT2D eigenvalue weighted by Gasteiger charge is 2.08. The van der Waals surface area contributed by atoms with E-state index in [1.54, 1.807) is 24.7 Å². The van der Waals surface area contributed by atoms with E-state index < -0.39 is 0 Å². The molecule has 0 saturated heterocycles. The normalized spacial score (nSPS) is 10.1. The topological polar surface area (TPSA) is 68.6 Å². The molecule has 0 amide bonds. The first kappa shape index (κ1) is 16.5. The van der Waals surface area contributed by atoms with E-state index in [1.807, 2.05) is 24.4 Å². The van der Waals surface area contributed by atoms with Crippen LogP contribution in [0.15, 0.2) is 58.0 Å². The fraction of sp³-hybridized carbons (Fsp3) is 0.0667. The number of rotatable bonds is 0. The van der Waals surface area contributed by atoms with Gasteiger partial charge in [0.05, 0.1) is 11.6 Å². The van der Waals surface area contributed by atoms with Crippen molar-refractivity contribution in [2.24, 2.45) is 0 Å². The zero-order valence-corrected chi connectivity index (χ0v) is 13.9. The number of halogens is 2. The zero-order valence-electron chi connectivity index (χ0n) is 10.7.